The first-order valence-electron chi connectivity index (χ1n) is 7.33. The fourth-order valence-corrected chi connectivity index (χ4v) is 3.52. The average molecular weight is 330 g/mol. The molecular weight excluding hydrogens is 310 g/mol. The third kappa shape index (κ3) is 2.97. The van der Waals surface area contributed by atoms with Gasteiger partial charge in [0.15, 0.2) is 0 Å². The van der Waals surface area contributed by atoms with Crippen LogP contribution in [0.1, 0.15) is 48.5 Å². The van der Waals surface area contributed by atoms with Gasteiger partial charge in [0.2, 0.25) is 0 Å². The molecule has 1 aliphatic rings. The molecule has 0 amide bonds. The number of nitrogens with one attached hydrogen (secondary N) is 1. The summed E-state index contributed by atoms with van der Waals surface area (Å²) in [4.78, 5) is 0. The molecule has 0 saturated heterocycles. The summed E-state index contributed by atoms with van der Waals surface area (Å²) in [5.41, 5.74) is 4.33. The van der Waals surface area contributed by atoms with Gasteiger partial charge in [-0.15, -0.1) is 0 Å². The molecule has 2 aromatic rings. The first-order valence-corrected chi connectivity index (χ1v) is 8.12. The topological polar surface area (TPSA) is 12.0 Å². The van der Waals surface area contributed by atoms with Crippen LogP contribution in [0.4, 0.5) is 0 Å². The summed E-state index contributed by atoms with van der Waals surface area (Å²) < 4.78 is 1.15. The minimum absolute atomic E-state index is 0.364. The van der Waals surface area contributed by atoms with E-state index in [9.17, 15) is 0 Å². The van der Waals surface area contributed by atoms with Gasteiger partial charge < -0.3 is 5.32 Å². The molecule has 1 aliphatic carbocycles. The van der Waals surface area contributed by atoms with Crippen LogP contribution in [0.2, 0.25) is 0 Å². The van der Waals surface area contributed by atoms with Crippen molar-refractivity contribution in [3.05, 3.63) is 69.7 Å². The van der Waals surface area contributed by atoms with Crippen LogP contribution < -0.4 is 5.32 Å². The lowest BCUT2D eigenvalue weighted by atomic mass is 9.87. The Hall–Kier alpha value is -1.12. The fourth-order valence-electron chi connectivity index (χ4n) is 3.10. The molecule has 0 bridgehead atoms. The zero-order valence-electron chi connectivity index (χ0n) is 11.8. The van der Waals surface area contributed by atoms with E-state index in [-0.39, 0.29) is 0 Å². The minimum Gasteiger partial charge on any atom is -0.303 e. The van der Waals surface area contributed by atoms with Crippen LogP contribution in [-0.4, -0.2) is 0 Å². The van der Waals surface area contributed by atoms with Gasteiger partial charge in [-0.05, 0) is 55.0 Å². The zero-order chi connectivity index (χ0) is 13.9. The third-order valence-corrected chi connectivity index (χ3v) is 4.66. The van der Waals surface area contributed by atoms with Crippen molar-refractivity contribution in [1.29, 1.82) is 0 Å². The van der Waals surface area contributed by atoms with Gasteiger partial charge >= 0.3 is 0 Å². The Balaban J connectivity index is 1.79. The summed E-state index contributed by atoms with van der Waals surface area (Å²) in [6, 6.07) is 18.3. The lowest BCUT2D eigenvalue weighted by Gasteiger charge is -2.29. The minimum atomic E-state index is 0.364. The number of aryl methyl sites for hydroxylation is 1. The Morgan fingerprint density at radius 2 is 2.00 bits per heavy atom. The van der Waals surface area contributed by atoms with E-state index in [4.69, 9.17) is 0 Å². The van der Waals surface area contributed by atoms with E-state index in [1.165, 1.54) is 36.0 Å². The highest BCUT2D eigenvalue weighted by atomic mass is 79.9. The third-order valence-electron chi connectivity index (χ3n) is 4.17. The maximum Gasteiger partial charge on any atom is 0.0328 e. The molecule has 1 unspecified atom stereocenters. The van der Waals surface area contributed by atoms with E-state index >= 15 is 0 Å². The van der Waals surface area contributed by atoms with Crippen LogP contribution in [0.25, 0.3) is 0 Å². The summed E-state index contributed by atoms with van der Waals surface area (Å²) in [6.07, 6.45) is 3.73. The van der Waals surface area contributed by atoms with Crippen molar-refractivity contribution in [2.24, 2.45) is 0 Å². The molecular formula is C18H20BrN. The number of hydrogen-bond acceptors (Lipinski definition) is 1. The highest BCUT2D eigenvalue weighted by Gasteiger charge is 2.21. The van der Waals surface area contributed by atoms with Crippen molar-refractivity contribution in [3.8, 4) is 0 Å². The number of hydrogen-bond donors (Lipinski definition) is 1. The van der Waals surface area contributed by atoms with Crippen molar-refractivity contribution in [3.63, 3.8) is 0 Å². The lowest BCUT2D eigenvalue weighted by molar-refractivity contribution is 0.415. The van der Waals surface area contributed by atoms with E-state index in [1.54, 1.807) is 0 Å². The fraction of sp³-hybridized carbons (Fsp3) is 0.333. The molecule has 0 spiro atoms. The molecule has 2 atom stereocenters. The number of rotatable bonds is 3. The first kappa shape index (κ1) is 13.8. The first-order chi connectivity index (χ1) is 9.74. The van der Waals surface area contributed by atoms with E-state index in [2.05, 4.69) is 76.7 Å². The smallest absolute Gasteiger partial charge is 0.0328 e. The number of halogens is 1. The maximum atomic E-state index is 3.80. The summed E-state index contributed by atoms with van der Waals surface area (Å²) in [6.45, 7) is 2.25. The lowest BCUT2D eigenvalue weighted by Crippen LogP contribution is -2.27. The molecule has 1 nitrogen and oxygen atoms in total. The van der Waals surface area contributed by atoms with Gasteiger partial charge in [-0.1, -0.05) is 52.3 Å². The van der Waals surface area contributed by atoms with E-state index in [1.807, 2.05) is 0 Å². The van der Waals surface area contributed by atoms with Gasteiger partial charge in [-0.3, -0.25) is 0 Å². The zero-order valence-corrected chi connectivity index (χ0v) is 13.4. The van der Waals surface area contributed by atoms with Gasteiger partial charge in [0.1, 0.15) is 0 Å². The molecule has 1 N–H and O–H groups in total. The van der Waals surface area contributed by atoms with Gasteiger partial charge in [0.25, 0.3) is 0 Å². The molecule has 0 aliphatic heterocycles. The SMILES string of the molecule is C[C@H](NC1CCCc2ccccc21)c1cccc(Br)c1. The molecule has 0 aromatic heterocycles. The summed E-state index contributed by atoms with van der Waals surface area (Å²) in [5, 5.41) is 3.80. The Labute approximate surface area is 129 Å². The van der Waals surface area contributed by atoms with Crippen LogP contribution >= 0.6 is 15.9 Å². The second kappa shape index (κ2) is 6.11. The molecule has 0 saturated carbocycles. The predicted octanol–water partition coefficient (Wildman–Crippen LogP) is 5.18. The van der Waals surface area contributed by atoms with E-state index in [0.717, 1.165) is 4.47 Å². The molecule has 0 fully saturated rings. The highest BCUT2D eigenvalue weighted by molar-refractivity contribution is 9.10. The second-order valence-corrected chi connectivity index (χ2v) is 6.50. The Morgan fingerprint density at radius 3 is 2.85 bits per heavy atom. The van der Waals surface area contributed by atoms with Crippen molar-refractivity contribution < 1.29 is 0 Å². The van der Waals surface area contributed by atoms with Crippen LogP contribution in [0, 0.1) is 0 Å². The van der Waals surface area contributed by atoms with Crippen LogP contribution in [0.5, 0.6) is 0 Å². The van der Waals surface area contributed by atoms with Crippen molar-refractivity contribution in [2.45, 2.75) is 38.3 Å². The van der Waals surface area contributed by atoms with E-state index in [0.29, 0.717) is 12.1 Å². The molecule has 0 radical (unpaired) electrons. The molecule has 2 heteroatoms. The summed E-state index contributed by atoms with van der Waals surface area (Å²) >= 11 is 3.55. The second-order valence-electron chi connectivity index (χ2n) is 5.59. The highest BCUT2D eigenvalue weighted by Crippen LogP contribution is 2.31. The van der Waals surface area contributed by atoms with Crippen molar-refractivity contribution >= 4 is 15.9 Å². The van der Waals surface area contributed by atoms with Gasteiger partial charge in [0.05, 0.1) is 0 Å². The summed E-state index contributed by atoms with van der Waals surface area (Å²) in [5.74, 6) is 0. The Kier molecular flexibility index (Phi) is 4.23. The van der Waals surface area contributed by atoms with Gasteiger partial charge in [-0.25, -0.2) is 0 Å². The molecule has 20 heavy (non-hydrogen) atoms. The van der Waals surface area contributed by atoms with Crippen LogP contribution in [-0.2, 0) is 6.42 Å². The quantitative estimate of drug-likeness (QED) is 0.818. The van der Waals surface area contributed by atoms with Gasteiger partial charge in [-0.2, -0.15) is 0 Å². The molecule has 0 heterocycles. The van der Waals surface area contributed by atoms with Gasteiger partial charge in [0, 0.05) is 16.6 Å². The summed E-state index contributed by atoms with van der Waals surface area (Å²) in [7, 11) is 0. The largest absolute Gasteiger partial charge is 0.303 e. The number of fused-ring (bicyclic) bond motifs is 1. The maximum absolute atomic E-state index is 3.80. The van der Waals surface area contributed by atoms with Crippen LogP contribution in [0.3, 0.4) is 0 Å². The number of benzene rings is 2. The normalized spacial score (nSPS) is 19.4. The molecule has 3 rings (SSSR count). The Bertz CT molecular complexity index is 593. The molecule has 2 aromatic carbocycles. The monoisotopic (exact) mass is 329 g/mol. The standard InChI is InChI=1S/C18H20BrN/c1-13(15-8-4-9-16(19)12-15)20-18-11-5-7-14-6-2-3-10-17(14)18/h2-4,6,8-10,12-13,18,20H,5,7,11H2,1H3/t13-,18?/m0/s1. The van der Waals surface area contributed by atoms with Crippen LogP contribution in [0.15, 0.2) is 53.0 Å². The average Bonchev–Trinajstić information content (AvgIpc) is 2.47. The van der Waals surface area contributed by atoms with Crippen molar-refractivity contribution in [1.82, 2.24) is 5.32 Å². The molecule has 104 valence electrons. The Morgan fingerprint density at radius 1 is 1.15 bits per heavy atom. The van der Waals surface area contributed by atoms with Crippen molar-refractivity contribution in [2.75, 3.05) is 0 Å². The van der Waals surface area contributed by atoms with E-state index < -0.39 is 0 Å². The predicted molar refractivity (Wildman–Crippen MR) is 87.8 cm³/mol.